The lowest BCUT2D eigenvalue weighted by Crippen LogP contribution is -2.30. The minimum absolute atomic E-state index is 0.103. The summed E-state index contributed by atoms with van der Waals surface area (Å²) < 4.78 is 3.23. The Labute approximate surface area is 131 Å². The predicted molar refractivity (Wildman–Crippen MR) is 85.1 cm³/mol. The summed E-state index contributed by atoms with van der Waals surface area (Å²) in [6.07, 6.45) is 5.69. The highest BCUT2D eigenvalue weighted by molar-refractivity contribution is 9.10. The Kier molecular flexibility index (Phi) is 3.98. The van der Waals surface area contributed by atoms with Crippen molar-refractivity contribution in [3.8, 4) is 0 Å². The zero-order chi connectivity index (χ0) is 14.1. The summed E-state index contributed by atoms with van der Waals surface area (Å²) in [5.41, 5.74) is 0.813. The minimum atomic E-state index is 0.103. The van der Waals surface area contributed by atoms with E-state index < -0.39 is 0 Å². The molecule has 0 saturated heterocycles. The first kappa shape index (κ1) is 13.9. The van der Waals surface area contributed by atoms with Crippen LogP contribution in [0.2, 0.25) is 0 Å². The lowest BCUT2D eigenvalue weighted by atomic mass is 9.93. The Bertz CT molecular complexity index is 615. The molecule has 3 nitrogen and oxygen atoms in total. The van der Waals surface area contributed by atoms with Crippen molar-refractivity contribution < 1.29 is 4.79 Å². The fraction of sp³-hybridized carbons (Fsp3) is 0.400. The van der Waals surface area contributed by atoms with E-state index in [0.717, 1.165) is 10.2 Å². The lowest BCUT2D eigenvalue weighted by Gasteiger charge is -2.29. The van der Waals surface area contributed by atoms with E-state index in [4.69, 9.17) is 0 Å². The van der Waals surface area contributed by atoms with Crippen LogP contribution in [-0.2, 0) is 6.54 Å². The molecule has 0 aliphatic heterocycles. The van der Waals surface area contributed by atoms with Gasteiger partial charge in [-0.2, -0.15) is 0 Å². The molecule has 20 heavy (non-hydrogen) atoms. The maximum atomic E-state index is 12.6. The number of carbonyl (C=O) groups excluding carboxylic acids is 1. The van der Waals surface area contributed by atoms with Crippen molar-refractivity contribution in [2.75, 3.05) is 7.05 Å². The van der Waals surface area contributed by atoms with Crippen LogP contribution < -0.4 is 0 Å². The number of halogens is 1. The van der Waals surface area contributed by atoms with E-state index in [-0.39, 0.29) is 5.91 Å². The Morgan fingerprint density at radius 3 is 2.95 bits per heavy atom. The summed E-state index contributed by atoms with van der Waals surface area (Å²) in [5.74, 6) is 0.103. The van der Waals surface area contributed by atoms with Gasteiger partial charge in [-0.1, -0.05) is 0 Å². The molecule has 0 aromatic carbocycles. The first-order valence-corrected chi connectivity index (χ1v) is 8.47. The van der Waals surface area contributed by atoms with E-state index >= 15 is 0 Å². The second kappa shape index (κ2) is 5.74. The number of nitrogens with zero attached hydrogens (tertiary/aromatic N) is 2. The molecule has 2 aromatic rings. The van der Waals surface area contributed by atoms with E-state index in [1.54, 1.807) is 16.2 Å². The quantitative estimate of drug-likeness (QED) is 0.804. The molecule has 2 heterocycles. The topological polar surface area (TPSA) is 25.2 Å². The number of thiophene rings is 1. The molecular weight excluding hydrogens is 336 g/mol. The van der Waals surface area contributed by atoms with Crippen LogP contribution >= 0.6 is 27.3 Å². The lowest BCUT2D eigenvalue weighted by molar-refractivity contribution is 0.0769. The number of amides is 1. The summed E-state index contributed by atoms with van der Waals surface area (Å²) in [6, 6.07) is 6.50. The van der Waals surface area contributed by atoms with Gasteiger partial charge in [0.15, 0.2) is 0 Å². The molecule has 3 rings (SSSR count). The highest BCUT2D eigenvalue weighted by Gasteiger charge is 2.24. The molecule has 1 saturated carbocycles. The summed E-state index contributed by atoms with van der Waals surface area (Å²) in [6.45, 7) is 0.658. The Balaban J connectivity index is 1.73. The summed E-state index contributed by atoms with van der Waals surface area (Å²) in [4.78, 5) is 15.6. The van der Waals surface area contributed by atoms with Gasteiger partial charge in [0.2, 0.25) is 0 Å². The van der Waals surface area contributed by atoms with Crippen molar-refractivity contribution in [3.63, 3.8) is 0 Å². The van der Waals surface area contributed by atoms with Crippen LogP contribution in [0.5, 0.6) is 0 Å². The average Bonchev–Trinajstić information content (AvgIpc) is 2.96. The van der Waals surface area contributed by atoms with E-state index in [0.29, 0.717) is 12.6 Å². The predicted octanol–water partition coefficient (Wildman–Crippen LogP) is 4.31. The van der Waals surface area contributed by atoms with Crippen molar-refractivity contribution in [1.82, 2.24) is 9.47 Å². The number of hydrogen-bond donors (Lipinski definition) is 0. The largest absolute Gasteiger partial charge is 0.340 e. The number of rotatable bonds is 4. The van der Waals surface area contributed by atoms with Crippen LogP contribution in [0.4, 0.5) is 0 Å². The van der Waals surface area contributed by atoms with Crippen LogP contribution in [0.25, 0.3) is 0 Å². The smallest absolute Gasteiger partial charge is 0.270 e. The van der Waals surface area contributed by atoms with Crippen LogP contribution in [0.3, 0.4) is 0 Å². The van der Waals surface area contributed by atoms with Gasteiger partial charge in [-0.3, -0.25) is 4.79 Å². The maximum absolute atomic E-state index is 12.6. The molecule has 0 atom stereocenters. The maximum Gasteiger partial charge on any atom is 0.270 e. The van der Waals surface area contributed by atoms with Crippen molar-refractivity contribution >= 4 is 33.2 Å². The van der Waals surface area contributed by atoms with Crippen molar-refractivity contribution in [2.24, 2.45) is 0 Å². The molecule has 0 N–H and O–H groups in total. The SMILES string of the molecule is CN(Cc1cc(Br)cs1)C(=O)c1cccn1C1CCC1. The molecule has 0 spiro atoms. The molecule has 0 radical (unpaired) electrons. The molecule has 0 unspecified atom stereocenters. The third-order valence-corrected chi connectivity index (χ3v) is 5.51. The first-order valence-electron chi connectivity index (χ1n) is 6.80. The van der Waals surface area contributed by atoms with Crippen LogP contribution in [-0.4, -0.2) is 22.4 Å². The number of carbonyl (C=O) groups is 1. The second-order valence-electron chi connectivity index (χ2n) is 5.28. The van der Waals surface area contributed by atoms with Crippen molar-refractivity contribution in [1.29, 1.82) is 0 Å². The third-order valence-electron chi connectivity index (χ3n) is 3.83. The van der Waals surface area contributed by atoms with Gasteiger partial charge in [-0.25, -0.2) is 0 Å². The van der Waals surface area contributed by atoms with Gasteiger partial charge in [0.1, 0.15) is 5.69 Å². The van der Waals surface area contributed by atoms with Gasteiger partial charge in [-0.15, -0.1) is 11.3 Å². The molecule has 1 fully saturated rings. The second-order valence-corrected chi connectivity index (χ2v) is 7.19. The zero-order valence-corrected chi connectivity index (χ0v) is 13.8. The number of hydrogen-bond acceptors (Lipinski definition) is 2. The summed E-state index contributed by atoms with van der Waals surface area (Å²) >= 11 is 5.12. The normalized spacial score (nSPS) is 15.1. The summed E-state index contributed by atoms with van der Waals surface area (Å²) in [5, 5.41) is 2.05. The Morgan fingerprint density at radius 1 is 1.55 bits per heavy atom. The fourth-order valence-corrected chi connectivity index (χ4v) is 4.00. The van der Waals surface area contributed by atoms with Gasteiger partial charge < -0.3 is 9.47 Å². The fourth-order valence-electron chi connectivity index (χ4n) is 2.50. The van der Waals surface area contributed by atoms with E-state index in [1.165, 1.54) is 24.1 Å². The van der Waals surface area contributed by atoms with E-state index in [2.05, 4.69) is 26.6 Å². The van der Waals surface area contributed by atoms with Gasteiger partial charge in [0, 0.05) is 34.0 Å². The van der Waals surface area contributed by atoms with E-state index in [9.17, 15) is 4.79 Å². The number of aromatic nitrogens is 1. The van der Waals surface area contributed by atoms with Gasteiger partial charge in [-0.05, 0) is 53.4 Å². The average molecular weight is 353 g/mol. The van der Waals surface area contributed by atoms with Crippen LogP contribution in [0, 0.1) is 0 Å². The standard InChI is InChI=1S/C15H17BrN2OS/c1-17(9-13-8-11(16)10-20-13)15(19)14-6-3-7-18(14)12-4-2-5-12/h3,6-8,10,12H,2,4-5,9H2,1H3. The molecule has 2 aromatic heterocycles. The van der Waals surface area contributed by atoms with Crippen LogP contribution in [0.15, 0.2) is 34.2 Å². The Morgan fingerprint density at radius 2 is 2.35 bits per heavy atom. The Hall–Kier alpha value is -1.07. The summed E-state index contributed by atoms with van der Waals surface area (Å²) in [7, 11) is 1.87. The highest BCUT2D eigenvalue weighted by atomic mass is 79.9. The minimum Gasteiger partial charge on any atom is -0.340 e. The molecule has 1 aliphatic carbocycles. The van der Waals surface area contributed by atoms with Crippen molar-refractivity contribution in [2.45, 2.75) is 31.8 Å². The first-order chi connectivity index (χ1) is 9.65. The third kappa shape index (κ3) is 2.69. The zero-order valence-electron chi connectivity index (χ0n) is 11.4. The molecular formula is C15H17BrN2OS. The van der Waals surface area contributed by atoms with Crippen LogP contribution in [0.1, 0.15) is 40.7 Å². The van der Waals surface area contributed by atoms with E-state index in [1.807, 2.05) is 30.8 Å². The van der Waals surface area contributed by atoms with Gasteiger partial charge in [0.25, 0.3) is 5.91 Å². The van der Waals surface area contributed by atoms with Gasteiger partial charge >= 0.3 is 0 Å². The molecule has 1 amide bonds. The molecule has 5 heteroatoms. The van der Waals surface area contributed by atoms with Gasteiger partial charge in [0.05, 0.1) is 6.54 Å². The monoisotopic (exact) mass is 352 g/mol. The molecule has 106 valence electrons. The molecule has 0 bridgehead atoms. The highest BCUT2D eigenvalue weighted by Crippen LogP contribution is 2.33. The molecule has 1 aliphatic rings. The van der Waals surface area contributed by atoms with Crippen molar-refractivity contribution in [3.05, 3.63) is 44.8 Å².